The van der Waals surface area contributed by atoms with Crippen molar-refractivity contribution in [3.8, 4) is 11.1 Å². The molecular weight excluding hydrogens is 262 g/mol. The molecule has 0 unspecified atom stereocenters. The number of aromatic amines is 1. The highest BCUT2D eigenvalue weighted by molar-refractivity contribution is 5.72. The molecule has 0 radical (unpaired) electrons. The summed E-state index contributed by atoms with van der Waals surface area (Å²) in [7, 11) is 0. The minimum absolute atomic E-state index is 0.914. The fraction of sp³-hybridized carbons (Fsp3) is 0. The van der Waals surface area contributed by atoms with Crippen molar-refractivity contribution in [2.24, 2.45) is 0 Å². The van der Waals surface area contributed by atoms with E-state index in [0.29, 0.717) is 0 Å². The van der Waals surface area contributed by atoms with Crippen molar-refractivity contribution < 1.29 is 0 Å². The van der Waals surface area contributed by atoms with E-state index in [0.717, 1.165) is 11.0 Å². The monoisotopic (exact) mass is 275 g/mol. The zero-order valence-corrected chi connectivity index (χ0v) is 11.2. The van der Waals surface area contributed by atoms with Crippen molar-refractivity contribution in [1.82, 2.24) is 25.4 Å². The van der Waals surface area contributed by atoms with Gasteiger partial charge in [-0.1, -0.05) is 12.1 Å². The van der Waals surface area contributed by atoms with Crippen LogP contribution >= 0.6 is 0 Å². The first-order valence-corrected chi connectivity index (χ1v) is 6.49. The van der Waals surface area contributed by atoms with Crippen molar-refractivity contribution in [1.29, 1.82) is 0 Å². The number of hydrogen-bond acceptors (Lipinski definition) is 4. The van der Waals surface area contributed by atoms with Crippen molar-refractivity contribution in [2.75, 3.05) is 0 Å². The number of rotatable bonds is 1. The Kier molecular flexibility index (Phi) is 3.93. The normalized spacial score (nSPS) is 9.90. The Morgan fingerprint density at radius 1 is 0.571 bits per heavy atom. The van der Waals surface area contributed by atoms with Crippen LogP contribution in [0.5, 0.6) is 0 Å². The molecule has 1 aromatic carbocycles. The first-order chi connectivity index (χ1) is 10.4. The third-order valence-electron chi connectivity index (χ3n) is 2.92. The maximum atomic E-state index is 3.96. The van der Waals surface area contributed by atoms with E-state index in [-0.39, 0.29) is 0 Å². The van der Waals surface area contributed by atoms with Gasteiger partial charge in [0, 0.05) is 24.8 Å². The van der Waals surface area contributed by atoms with Crippen molar-refractivity contribution in [2.45, 2.75) is 0 Å². The number of hydrogen-bond donors (Lipinski definition) is 1. The van der Waals surface area contributed by atoms with Crippen LogP contribution in [0.4, 0.5) is 0 Å². The summed E-state index contributed by atoms with van der Waals surface area (Å²) in [4.78, 5) is 7.91. The molecule has 5 heteroatoms. The lowest BCUT2D eigenvalue weighted by atomic mass is 10.1. The molecule has 3 aromatic heterocycles. The van der Waals surface area contributed by atoms with Gasteiger partial charge in [-0.05, 0) is 47.5 Å². The van der Waals surface area contributed by atoms with Gasteiger partial charge >= 0.3 is 0 Å². The summed E-state index contributed by atoms with van der Waals surface area (Å²) >= 11 is 0. The largest absolute Gasteiger partial charge is 0.265 e. The van der Waals surface area contributed by atoms with Crippen molar-refractivity contribution in [3.63, 3.8) is 0 Å². The fourth-order valence-electron chi connectivity index (χ4n) is 1.87. The lowest BCUT2D eigenvalue weighted by molar-refractivity contribution is 0.959. The number of H-pyrrole nitrogens is 1. The Balaban J connectivity index is 0.000000131. The molecule has 3 heterocycles. The van der Waals surface area contributed by atoms with E-state index < -0.39 is 0 Å². The lowest BCUT2D eigenvalue weighted by Crippen LogP contribution is -1.77. The van der Waals surface area contributed by atoms with E-state index in [4.69, 9.17) is 0 Å². The van der Waals surface area contributed by atoms with Crippen LogP contribution < -0.4 is 0 Å². The van der Waals surface area contributed by atoms with Crippen molar-refractivity contribution in [3.05, 3.63) is 73.3 Å². The number of para-hydroxylation sites is 2. The molecule has 0 spiro atoms. The van der Waals surface area contributed by atoms with Gasteiger partial charge in [-0.15, -0.1) is 0 Å². The second-order valence-corrected chi connectivity index (χ2v) is 4.28. The number of nitrogens with one attached hydrogen (secondary N) is 1. The second kappa shape index (κ2) is 6.38. The van der Waals surface area contributed by atoms with Crippen LogP contribution in [0.25, 0.3) is 22.2 Å². The first kappa shape index (κ1) is 12.9. The SMILES string of the molecule is c1cc(-c2ccncc2)ccn1.c1ccc2n[nH]nc2c1. The summed E-state index contributed by atoms with van der Waals surface area (Å²) in [6.07, 6.45) is 7.15. The third-order valence-corrected chi connectivity index (χ3v) is 2.92. The zero-order chi connectivity index (χ0) is 14.3. The van der Waals surface area contributed by atoms with Crippen LogP contribution in [-0.4, -0.2) is 25.4 Å². The van der Waals surface area contributed by atoms with Gasteiger partial charge in [-0.3, -0.25) is 9.97 Å². The maximum absolute atomic E-state index is 3.96. The Bertz CT molecular complexity index is 729. The highest BCUT2D eigenvalue weighted by Crippen LogP contribution is 2.15. The molecule has 0 atom stereocenters. The van der Waals surface area contributed by atoms with Crippen LogP contribution in [0.15, 0.2) is 73.3 Å². The van der Waals surface area contributed by atoms with E-state index in [2.05, 4.69) is 25.4 Å². The minimum atomic E-state index is 0.914. The standard InChI is InChI=1S/C10H8N2.C6H5N3/c1-5-11-6-2-9(1)10-3-7-12-8-4-10;1-2-4-6-5(3-1)7-9-8-6/h1-8H;1-4H,(H,7,8,9). The van der Waals surface area contributed by atoms with E-state index in [1.54, 1.807) is 24.8 Å². The first-order valence-electron chi connectivity index (χ1n) is 6.49. The molecule has 4 aromatic rings. The maximum Gasteiger partial charge on any atom is 0.112 e. The van der Waals surface area contributed by atoms with Gasteiger partial charge in [-0.25, -0.2) is 0 Å². The lowest BCUT2D eigenvalue weighted by Gasteiger charge is -1.97. The van der Waals surface area contributed by atoms with Crippen LogP contribution in [-0.2, 0) is 0 Å². The van der Waals surface area contributed by atoms with E-state index in [1.165, 1.54) is 11.1 Å². The minimum Gasteiger partial charge on any atom is -0.265 e. The molecule has 0 bridgehead atoms. The van der Waals surface area contributed by atoms with E-state index in [9.17, 15) is 0 Å². The summed E-state index contributed by atoms with van der Waals surface area (Å²) in [6.45, 7) is 0. The average Bonchev–Trinajstić information content (AvgIpc) is 3.06. The van der Waals surface area contributed by atoms with Crippen molar-refractivity contribution >= 4 is 11.0 Å². The number of pyridine rings is 2. The van der Waals surface area contributed by atoms with Gasteiger partial charge in [0.1, 0.15) is 11.0 Å². The Hall–Kier alpha value is -3.08. The summed E-state index contributed by atoms with van der Waals surface area (Å²) in [6, 6.07) is 15.6. The highest BCUT2D eigenvalue weighted by Gasteiger charge is 1.93. The number of fused-ring (bicyclic) bond motifs is 1. The summed E-state index contributed by atoms with van der Waals surface area (Å²) in [5.41, 5.74) is 4.18. The Labute approximate surface area is 121 Å². The zero-order valence-electron chi connectivity index (χ0n) is 11.2. The van der Waals surface area contributed by atoms with E-state index in [1.807, 2.05) is 48.5 Å². The van der Waals surface area contributed by atoms with Crippen LogP contribution in [0, 0.1) is 0 Å². The molecule has 0 aliphatic heterocycles. The molecule has 1 N–H and O–H groups in total. The molecule has 0 saturated carbocycles. The van der Waals surface area contributed by atoms with Gasteiger partial charge in [0.2, 0.25) is 0 Å². The number of benzene rings is 1. The average molecular weight is 275 g/mol. The summed E-state index contributed by atoms with van der Waals surface area (Å²) < 4.78 is 0. The van der Waals surface area contributed by atoms with Gasteiger partial charge in [-0.2, -0.15) is 15.4 Å². The quantitative estimate of drug-likeness (QED) is 0.579. The predicted molar refractivity (Wildman–Crippen MR) is 81.4 cm³/mol. The molecule has 102 valence electrons. The second-order valence-electron chi connectivity index (χ2n) is 4.28. The Morgan fingerprint density at radius 2 is 1.00 bits per heavy atom. The predicted octanol–water partition coefficient (Wildman–Crippen LogP) is 3.10. The van der Waals surface area contributed by atoms with Crippen LogP contribution in [0.1, 0.15) is 0 Å². The van der Waals surface area contributed by atoms with E-state index >= 15 is 0 Å². The number of nitrogens with zero attached hydrogens (tertiary/aromatic N) is 4. The van der Waals surface area contributed by atoms with Gasteiger partial charge in [0.25, 0.3) is 0 Å². The summed E-state index contributed by atoms with van der Waals surface area (Å²) in [5.74, 6) is 0. The molecule has 4 rings (SSSR count). The fourth-order valence-corrected chi connectivity index (χ4v) is 1.87. The third kappa shape index (κ3) is 3.27. The highest BCUT2D eigenvalue weighted by atomic mass is 15.3. The molecule has 5 nitrogen and oxygen atoms in total. The van der Waals surface area contributed by atoms with Gasteiger partial charge in [0.15, 0.2) is 0 Å². The molecule has 0 amide bonds. The molecule has 21 heavy (non-hydrogen) atoms. The topological polar surface area (TPSA) is 67.3 Å². The van der Waals surface area contributed by atoms with Crippen LogP contribution in [0.3, 0.4) is 0 Å². The molecule has 0 saturated heterocycles. The smallest absolute Gasteiger partial charge is 0.112 e. The van der Waals surface area contributed by atoms with Gasteiger partial charge < -0.3 is 0 Å². The summed E-state index contributed by atoms with van der Waals surface area (Å²) in [5, 5.41) is 10.3. The Morgan fingerprint density at radius 3 is 1.43 bits per heavy atom. The molecule has 0 fully saturated rings. The number of aromatic nitrogens is 5. The van der Waals surface area contributed by atoms with Crippen LogP contribution in [0.2, 0.25) is 0 Å². The molecule has 0 aliphatic carbocycles. The van der Waals surface area contributed by atoms with Gasteiger partial charge in [0.05, 0.1) is 0 Å². The molecular formula is C16H13N5. The molecule has 0 aliphatic rings.